The van der Waals surface area contributed by atoms with E-state index in [0.717, 1.165) is 26.0 Å². The van der Waals surface area contributed by atoms with Crippen molar-refractivity contribution in [1.29, 1.82) is 5.26 Å². The zero-order valence-electron chi connectivity index (χ0n) is 6.84. The zero-order chi connectivity index (χ0) is 8.10. The topological polar surface area (TPSA) is 45.0 Å². The predicted molar refractivity (Wildman–Crippen MR) is 42.1 cm³/mol. The van der Waals surface area contributed by atoms with Gasteiger partial charge in [-0.05, 0) is 19.8 Å². The Morgan fingerprint density at radius 2 is 2.64 bits per heavy atom. The van der Waals surface area contributed by atoms with E-state index in [4.69, 9.17) is 10.00 Å². The molecule has 0 saturated carbocycles. The standard InChI is InChI=1S/C8H14N2O/c1-7(5-9)10-6-8-3-2-4-11-8/h7-8,10H,2-4,6H2,1H3. The van der Waals surface area contributed by atoms with E-state index in [1.165, 1.54) is 0 Å². The van der Waals surface area contributed by atoms with Crippen molar-refractivity contribution in [2.75, 3.05) is 13.2 Å². The summed E-state index contributed by atoms with van der Waals surface area (Å²) in [4.78, 5) is 0. The lowest BCUT2D eigenvalue weighted by Gasteiger charge is -2.11. The predicted octanol–water partition coefficient (Wildman–Crippen LogP) is 0.667. The zero-order valence-corrected chi connectivity index (χ0v) is 6.84. The van der Waals surface area contributed by atoms with Gasteiger partial charge in [-0.25, -0.2) is 0 Å². The molecule has 1 aliphatic rings. The minimum absolute atomic E-state index is 0.0563. The first-order valence-electron chi connectivity index (χ1n) is 4.07. The summed E-state index contributed by atoms with van der Waals surface area (Å²) in [6.45, 7) is 3.55. The van der Waals surface area contributed by atoms with Crippen LogP contribution in [-0.4, -0.2) is 25.3 Å². The van der Waals surface area contributed by atoms with Crippen LogP contribution in [0.4, 0.5) is 0 Å². The number of nitrogens with one attached hydrogen (secondary N) is 1. The minimum Gasteiger partial charge on any atom is -0.377 e. The Bertz CT molecular complexity index is 147. The number of ether oxygens (including phenoxy) is 1. The molecule has 1 fully saturated rings. The smallest absolute Gasteiger partial charge is 0.0925 e. The highest BCUT2D eigenvalue weighted by Crippen LogP contribution is 2.10. The van der Waals surface area contributed by atoms with E-state index in [1.54, 1.807) is 0 Å². The highest BCUT2D eigenvalue weighted by atomic mass is 16.5. The summed E-state index contributed by atoms with van der Waals surface area (Å²) in [5, 5.41) is 11.5. The maximum atomic E-state index is 8.46. The number of rotatable bonds is 3. The van der Waals surface area contributed by atoms with E-state index in [0.29, 0.717) is 6.10 Å². The maximum absolute atomic E-state index is 8.46. The molecule has 0 amide bonds. The molecule has 0 radical (unpaired) electrons. The third kappa shape index (κ3) is 2.87. The Balaban J connectivity index is 2.07. The van der Waals surface area contributed by atoms with Crippen molar-refractivity contribution >= 4 is 0 Å². The van der Waals surface area contributed by atoms with Crippen LogP contribution in [0.2, 0.25) is 0 Å². The van der Waals surface area contributed by atoms with Crippen molar-refractivity contribution in [3.8, 4) is 6.07 Å². The third-order valence-electron chi connectivity index (χ3n) is 1.87. The van der Waals surface area contributed by atoms with Crippen LogP contribution in [0.3, 0.4) is 0 Å². The van der Waals surface area contributed by atoms with E-state index >= 15 is 0 Å². The molecule has 1 heterocycles. The molecular weight excluding hydrogens is 140 g/mol. The average Bonchev–Trinajstić information content (AvgIpc) is 2.52. The Morgan fingerprint density at radius 1 is 1.82 bits per heavy atom. The fourth-order valence-electron chi connectivity index (χ4n) is 1.16. The molecule has 0 spiro atoms. The third-order valence-corrected chi connectivity index (χ3v) is 1.87. The van der Waals surface area contributed by atoms with Gasteiger partial charge >= 0.3 is 0 Å². The summed E-state index contributed by atoms with van der Waals surface area (Å²) in [5.41, 5.74) is 0. The van der Waals surface area contributed by atoms with Crippen molar-refractivity contribution in [3.05, 3.63) is 0 Å². The summed E-state index contributed by atoms with van der Waals surface area (Å²) in [7, 11) is 0. The van der Waals surface area contributed by atoms with Crippen LogP contribution in [0.25, 0.3) is 0 Å². The molecule has 2 unspecified atom stereocenters. The molecule has 1 saturated heterocycles. The Hall–Kier alpha value is -0.590. The van der Waals surface area contributed by atoms with Gasteiger partial charge in [0, 0.05) is 13.2 Å². The first-order chi connectivity index (χ1) is 5.33. The second kappa shape index (κ2) is 4.32. The highest BCUT2D eigenvalue weighted by Gasteiger charge is 2.15. The number of nitriles is 1. The fraction of sp³-hybridized carbons (Fsp3) is 0.875. The van der Waals surface area contributed by atoms with Crippen molar-refractivity contribution in [1.82, 2.24) is 5.32 Å². The maximum Gasteiger partial charge on any atom is 0.0925 e. The van der Waals surface area contributed by atoms with Crippen LogP contribution < -0.4 is 5.32 Å². The van der Waals surface area contributed by atoms with Gasteiger partial charge in [-0.2, -0.15) is 5.26 Å². The van der Waals surface area contributed by atoms with Gasteiger partial charge in [-0.3, -0.25) is 5.32 Å². The SMILES string of the molecule is CC(C#N)NCC1CCCO1. The molecule has 1 rings (SSSR count). The quantitative estimate of drug-likeness (QED) is 0.649. The first-order valence-corrected chi connectivity index (χ1v) is 4.07. The molecule has 0 aromatic heterocycles. The average molecular weight is 154 g/mol. The van der Waals surface area contributed by atoms with Gasteiger partial charge < -0.3 is 4.74 Å². The second-order valence-electron chi connectivity index (χ2n) is 2.89. The lowest BCUT2D eigenvalue weighted by atomic mass is 10.2. The summed E-state index contributed by atoms with van der Waals surface area (Å²) >= 11 is 0. The molecule has 0 aliphatic carbocycles. The second-order valence-corrected chi connectivity index (χ2v) is 2.89. The van der Waals surface area contributed by atoms with Gasteiger partial charge in [0.2, 0.25) is 0 Å². The van der Waals surface area contributed by atoms with Gasteiger partial charge in [0.1, 0.15) is 0 Å². The molecule has 1 aliphatic heterocycles. The van der Waals surface area contributed by atoms with Crippen molar-refractivity contribution < 1.29 is 4.74 Å². The van der Waals surface area contributed by atoms with Crippen LogP contribution >= 0.6 is 0 Å². The van der Waals surface area contributed by atoms with Crippen LogP contribution in [0.15, 0.2) is 0 Å². The minimum atomic E-state index is -0.0563. The number of hydrogen-bond donors (Lipinski definition) is 1. The van der Waals surface area contributed by atoms with Gasteiger partial charge in [0.15, 0.2) is 0 Å². The van der Waals surface area contributed by atoms with Crippen LogP contribution in [0, 0.1) is 11.3 Å². The van der Waals surface area contributed by atoms with Crippen LogP contribution in [0.5, 0.6) is 0 Å². The Labute approximate surface area is 67.3 Å². The molecular formula is C8H14N2O. The van der Waals surface area contributed by atoms with Crippen LogP contribution in [-0.2, 0) is 4.74 Å². The van der Waals surface area contributed by atoms with Gasteiger partial charge in [-0.1, -0.05) is 0 Å². The summed E-state index contributed by atoms with van der Waals surface area (Å²) in [6.07, 6.45) is 2.63. The monoisotopic (exact) mass is 154 g/mol. The Morgan fingerprint density at radius 3 is 3.18 bits per heavy atom. The molecule has 3 heteroatoms. The van der Waals surface area contributed by atoms with Gasteiger partial charge in [-0.15, -0.1) is 0 Å². The Kier molecular flexibility index (Phi) is 3.34. The van der Waals surface area contributed by atoms with Gasteiger partial charge in [0.05, 0.1) is 18.2 Å². The number of nitrogens with zero attached hydrogens (tertiary/aromatic N) is 1. The van der Waals surface area contributed by atoms with E-state index in [-0.39, 0.29) is 6.04 Å². The molecule has 2 atom stereocenters. The normalized spacial score (nSPS) is 26.4. The van der Waals surface area contributed by atoms with E-state index in [2.05, 4.69) is 11.4 Å². The summed E-state index contributed by atoms with van der Waals surface area (Å²) < 4.78 is 5.38. The largest absolute Gasteiger partial charge is 0.377 e. The highest BCUT2D eigenvalue weighted by molar-refractivity contribution is 4.86. The molecule has 11 heavy (non-hydrogen) atoms. The molecule has 0 aromatic carbocycles. The van der Waals surface area contributed by atoms with E-state index < -0.39 is 0 Å². The molecule has 0 bridgehead atoms. The fourth-order valence-corrected chi connectivity index (χ4v) is 1.16. The number of hydrogen-bond acceptors (Lipinski definition) is 3. The lowest BCUT2D eigenvalue weighted by Crippen LogP contribution is -2.32. The molecule has 3 nitrogen and oxygen atoms in total. The van der Waals surface area contributed by atoms with Crippen molar-refractivity contribution in [2.45, 2.75) is 31.9 Å². The van der Waals surface area contributed by atoms with E-state index in [1.807, 2.05) is 6.92 Å². The van der Waals surface area contributed by atoms with Crippen molar-refractivity contribution in [3.63, 3.8) is 0 Å². The summed E-state index contributed by atoms with van der Waals surface area (Å²) in [6, 6.07) is 2.07. The van der Waals surface area contributed by atoms with Crippen molar-refractivity contribution in [2.24, 2.45) is 0 Å². The van der Waals surface area contributed by atoms with E-state index in [9.17, 15) is 0 Å². The lowest BCUT2D eigenvalue weighted by molar-refractivity contribution is 0.109. The first kappa shape index (κ1) is 8.51. The molecule has 0 aromatic rings. The molecule has 62 valence electrons. The van der Waals surface area contributed by atoms with Gasteiger partial charge in [0.25, 0.3) is 0 Å². The summed E-state index contributed by atoms with van der Waals surface area (Å²) in [5.74, 6) is 0. The molecule has 1 N–H and O–H groups in total. The van der Waals surface area contributed by atoms with Crippen LogP contribution in [0.1, 0.15) is 19.8 Å².